The fourth-order valence-electron chi connectivity index (χ4n) is 3.06. The predicted octanol–water partition coefficient (Wildman–Crippen LogP) is 3.64. The van der Waals surface area contributed by atoms with Crippen LogP contribution in [0.5, 0.6) is 11.6 Å². The van der Waals surface area contributed by atoms with Gasteiger partial charge in [-0.3, -0.25) is 9.69 Å². The van der Waals surface area contributed by atoms with Gasteiger partial charge in [0.1, 0.15) is 5.82 Å². The van der Waals surface area contributed by atoms with Crippen molar-refractivity contribution in [2.24, 2.45) is 0 Å². The maximum Gasteiger partial charge on any atom is 0.234 e. The Morgan fingerprint density at radius 3 is 2.67 bits per heavy atom. The molecule has 1 amide bonds. The Labute approximate surface area is 157 Å². The molecule has 0 aliphatic carbocycles. The molecule has 1 aromatic carbocycles. The van der Waals surface area contributed by atoms with Gasteiger partial charge >= 0.3 is 0 Å². The van der Waals surface area contributed by atoms with Crippen LogP contribution in [0.25, 0.3) is 0 Å². The number of likely N-dealkylation sites (tertiary alicyclic amines) is 1. The summed E-state index contributed by atoms with van der Waals surface area (Å²) < 4.78 is 32.3. The highest BCUT2D eigenvalue weighted by atomic mass is 19.1. The van der Waals surface area contributed by atoms with E-state index in [2.05, 4.69) is 15.2 Å². The lowest BCUT2D eigenvalue weighted by molar-refractivity contribution is -0.122. The van der Waals surface area contributed by atoms with Gasteiger partial charge < -0.3 is 10.1 Å². The van der Waals surface area contributed by atoms with Crippen LogP contribution in [0.2, 0.25) is 0 Å². The second-order valence-electron chi connectivity index (χ2n) is 6.61. The topological polar surface area (TPSA) is 54.5 Å². The number of hydrogen-bond donors (Lipinski definition) is 1. The molecule has 2 heterocycles. The number of pyridine rings is 1. The SMILES string of the molecule is O=C(CN1CCCCCC1)NCc1cccnc1Oc1ccc(F)cc1F. The van der Waals surface area contributed by atoms with E-state index < -0.39 is 11.6 Å². The number of carbonyl (C=O) groups is 1. The molecule has 27 heavy (non-hydrogen) atoms. The van der Waals surface area contributed by atoms with Gasteiger partial charge in [0.25, 0.3) is 0 Å². The molecule has 1 N–H and O–H groups in total. The maximum absolute atomic E-state index is 13.8. The number of nitrogens with zero attached hydrogens (tertiary/aromatic N) is 2. The van der Waals surface area contributed by atoms with Crippen molar-refractivity contribution in [2.45, 2.75) is 32.2 Å². The quantitative estimate of drug-likeness (QED) is 0.838. The number of nitrogens with one attached hydrogen (secondary N) is 1. The van der Waals surface area contributed by atoms with Gasteiger partial charge in [-0.1, -0.05) is 18.9 Å². The molecule has 1 aliphatic rings. The minimum absolute atomic E-state index is 0.0698. The molecule has 5 nitrogen and oxygen atoms in total. The van der Waals surface area contributed by atoms with Gasteiger partial charge in [0.05, 0.1) is 6.54 Å². The summed E-state index contributed by atoms with van der Waals surface area (Å²) in [6, 6.07) is 6.53. The Bertz CT molecular complexity index is 778. The van der Waals surface area contributed by atoms with Crippen LogP contribution in [-0.2, 0) is 11.3 Å². The molecule has 2 aromatic rings. The van der Waals surface area contributed by atoms with Crippen molar-refractivity contribution in [3.8, 4) is 11.6 Å². The highest BCUT2D eigenvalue weighted by molar-refractivity contribution is 5.78. The highest BCUT2D eigenvalue weighted by Crippen LogP contribution is 2.26. The van der Waals surface area contributed by atoms with Crippen LogP contribution in [0.3, 0.4) is 0 Å². The Hall–Kier alpha value is -2.54. The van der Waals surface area contributed by atoms with Gasteiger partial charge in [0.2, 0.25) is 11.8 Å². The van der Waals surface area contributed by atoms with E-state index >= 15 is 0 Å². The molecule has 0 atom stereocenters. The molecule has 1 saturated heterocycles. The van der Waals surface area contributed by atoms with E-state index in [0.29, 0.717) is 12.1 Å². The van der Waals surface area contributed by atoms with Crippen LogP contribution < -0.4 is 10.1 Å². The molecule has 7 heteroatoms. The van der Waals surface area contributed by atoms with Gasteiger partial charge in [-0.05, 0) is 44.1 Å². The zero-order chi connectivity index (χ0) is 19.1. The first-order chi connectivity index (χ1) is 13.1. The third kappa shape index (κ3) is 5.72. The Morgan fingerprint density at radius 2 is 1.93 bits per heavy atom. The molecule has 0 bridgehead atoms. The van der Waals surface area contributed by atoms with E-state index in [1.165, 1.54) is 25.1 Å². The molecule has 0 spiro atoms. The Balaban J connectivity index is 1.59. The first-order valence-corrected chi connectivity index (χ1v) is 9.17. The lowest BCUT2D eigenvalue weighted by atomic mass is 10.2. The minimum atomic E-state index is -0.809. The normalized spacial score (nSPS) is 15.2. The maximum atomic E-state index is 13.8. The molecule has 0 saturated carbocycles. The monoisotopic (exact) mass is 375 g/mol. The molecule has 3 rings (SSSR count). The third-order valence-electron chi connectivity index (χ3n) is 4.49. The lowest BCUT2D eigenvalue weighted by Crippen LogP contribution is -2.37. The summed E-state index contributed by atoms with van der Waals surface area (Å²) in [5, 5.41) is 2.86. The van der Waals surface area contributed by atoms with Crippen molar-refractivity contribution in [2.75, 3.05) is 19.6 Å². The van der Waals surface area contributed by atoms with E-state index in [9.17, 15) is 13.6 Å². The van der Waals surface area contributed by atoms with Crippen molar-refractivity contribution in [1.82, 2.24) is 15.2 Å². The summed E-state index contributed by atoms with van der Waals surface area (Å²) in [6.45, 7) is 2.47. The second kappa shape index (κ2) is 9.41. The predicted molar refractivity (Wildman–Crippen MR) is 97.4 cm³/mol. The first kappa shape index (κ1) is 19.2. The van der Waals surface area contributed by atoms with E-state index in [0.717, 1.165) is 38.1 Å². The average molecular weight is 375 g/mol. The van der Waals surface area contributed by atoms with Gasteiger partial charge in [-0.25, -0.2) is 13.8 Å². The third-order valence-corrected chi connectivity index (χ3v) is 4.49. The largest absolute Gasteiger partial charge is 0.436 e. The standard InChI is InChI=1S/C20H23F2N3O2/c21-16-7-8-18(17(22)12-16)27-20-15(6-5-9-23-20)13-24-19(26)14-25-10-3-1-2-4-11-25/h5-9,12H,1-4,10-11,13-14H2,(H,24,26). The van der Waals surface area contributed by atoms with Gasteiger partial charge in [0.15, 0.2) is 11.6 Å². The van der Waals surface area contributed by atoms with Gasteiger partial charge in [-0.2, -0.15) is 0 Å². The van der Waals surface area contributed by atoms with Crippen LogP contribution in [0.15, 0.2) is 36.5 Å². The van der Waals surface area contributed by atoms with E-state index in [1.54, 1.807) is 12.1 Å². The number of carbonyl (C=O) groups excluding carboxylic acids is 1. The molecular weight excluding hydrogens is 352 g/mol. The van der Waals surface area contributed by atoms with Crippen molar-refractivity contribution >= 4 is 5.91 Å². The molecule has 1 aliphatic heterocycles. The van der Waals surface area contributed by atoms with Crippen molar-refractivity contribution < 1.29 is 18.3 Å². The number of ether oxygens (including phenoxy) is 1. The fraction of sp³-hybridized carbons (Fsp3) is 0.400. The number of amides is 1. The van der Waals surface area contributed by atoms with E-state index in [-0.39, 0.29) is 24.1 Å². The summed E-state index contributed by atoms with van der Waals surface area (Å²) in [7, 11) is 0. The summed E-state index contributed by atoms with van der Waals surface area (Å²) in [4.78, 5) is 18.5. The van der Waals surface area contributed by atoms with E-state index in [4.69, 9.17) is 4.74 Å². The Kier molecular flexibility index (Phi) is 6.70. The van der Waals surface area contributed by atoms with Crippen molar-refractivity contribution in [1.29, 1.82) is 0 Å². The minimum Gasteiger partial charge on any atom is -0.436 e. The van der Waals surface area contributed by atoms with Crippen LogP contribution in [0, 0.1) is 11.6 Å². The number of rotatable bonds is 6. The number of benzene rings is 1. The lowest BCUT2D eigenvalue weighted by Gasteiger charge is -2.19. The zero-order valence-corrected chi connectivity index (χ0v) is 15.1. The molecular formula is C20H23F2N3O2. The summed E-state index contributed by atoms with van der Waals surface area (Å²) >= 11 is 0. The summed E-state index contributed by atoms with van der Waals surface area (Å²) in [5.74, 6) is -1.50. The molecule has 0 unspecified atom stereocenters. The smallest absolute Gasteiger partial charge is 0.234 e. The van der Waals surface area contributed by atoms with Gasteiger partial charge in [0, 0.05) is 24.4 Å². The van der Waals surface area contributed by atoms with E-state index in [1.807, 2.05) is 0 Å². The summed E-state index contributed by atoms with van der Waals surface area (Å²) in [6.07, 6.45) is 6.19. The average Bonchev–Trinajstić information content (AvgIpc) is 2.92. The Morgan fingerprint density at radius 1 is 1.15 bits per heavy atom. The fourth-order valence-corrected chi connectivity index (χ4v) is 3.06. The van der Waals surface area contributed by atoms with Gasteiger partial charge in [-0.15, -0.1) is 0 Å². The molecule has 0 radical (unpaired) electrons. The first-order valence-electron chi connectivity index (χ1n) is 9.17. The van der Waals surface area contributed by atoms with Crippen LogP contribution in [-0.4, -0.2) is 35.4 Å². The van der Waals surface area contributed by atoms with Crippen LogP contribution >= 0.6 is 0 Å². The second-order valence-corrected chi connectivity index (χ2v) is 6.61. The van der Waals surface area contributed by atoms with Crippen molar-refractivity contribution in [3.05, 3.63) is 53.7 Å². The van der Waals surface area contributed by atoms with Crippen LogP contribution in [0.1, 0.15) is 31.2 Å². The highest BCUT2D eigenvalue weighted by Gasteiger charge is 2.14. The summed E-state index contributed by atoms with van der Waals surface area (Å²) in [5.41, 5.74) is 0.616. The van der Waals surface area contributed by atoms with Crippen molar-refractivity contribution in [3.63, 3.8) is 0 Å². The molecule has 144 valence electrons. The van der Waals surface area contributed by atoms with Crippen LogP contribution in [0.4, 0.5) is 8.78 Å². The zero-order valence-electron chi connectivity index (χ0n) is 15.1. The molecule has 1 aromatic heterocycles. The number of hydrogen-bond acceptors (Lipinski definition) is 4. The number of halogens is 2. The molecule has 1 fully saturated rings. The number of aromatic nitrogens is 1.